The maximum atomic E-state index is 5.69. The first-order valence-corrected chi connectivity index (χ1v) is 7.31. The molecule has 1 rings (SSSR count). The highest BCUT2D eigenvalue weighted by atomic mass is 16.5. The Kier molecular flexibility index (Phi) is 7.72. The molecule has 0 aliphatic carbocycles. The smallest absolute Gasteiger partial charge is 0.223 e. The molecule has 1 aromatic heterocycles. The van der Waals surface area contributed by atoms with Gasteiger partial charge >= 0.3 is 0 Å². The lowest BCUT2D eigenvalue weighted by atomic mass is 10.2. The Morgan fingerprint density at radius 2 is 1.85 bits per heavy atom. The van der Waals surface area contributed by atoms with E-state index in [1.54, 1.807) is 0 Å². The lowest BCUT2D eigenvalue weighted by Gasteiger charge is -2.10. The van der Waals surface area contributed by atoms with Crippen molar-refractivity contribution in [2.24, 2.45) is 5.92 Å². The van der Waals surface area contributed by atoms with Crippen LogP contribution in [0.4, 0.5) is 17.6 Å². The summed E-state index contributed by atoms with van der Waals surface area (Å²) >= 11 is 0. The topological polar surface area (TPSA) is 85.1 Å². The number of aromatic nitrogens is 2. The van der Waals surface area contributed by atoms with Crippen LogP contribution in [-0.2, 0) is 4.74 Å². The number of hydrogen-bond acceptors (Lipinski definition) is 6. The molecule has 0 atom stereocenters. The highest BCUT2D eigenvalue weighted by molar-refractivity contribution is 5.50. The summed E-state index contributed by atoms with van der Waals surface area (Å²) in [5, 5.41) is 6.44. The Bertz CT molecular complexity index is 384. The van der Waals surface area contributed by atoms with Gasteiger partial charge in [-0.1, -0.05) is 20.8 Å². The maximum absolute atomic E-state index is 5.69. The molecule has 0 unspecified atom stereocenters. The highest BCUT2D eigenvalue weighted by Gasteiger charge is 2.01. The number of nitrogens with two attached hydrogens (primary N) is 1. The van der Waals surface area contributed by atoms with E-state index in [-0.39, 0.29) is 5.95 Å². The summed E-state index contributed by atoms with van der Waals surface area (Å²) in [6, 6.07) is 1.88. The van der Waals surface area contributed by atoms with Crippen LogP contribution in [-0.4, -0.2) is 36.3 Å². The zero-order valence-corrected chi connectivity index (χ0v) is 12.8. The number of nitrogens with one attached hydrogen (secondary N) is 2. The number of anilines is 3. The van der Waals surface area contributed by atoms with E-state index >= 15 is 0 Å². The molecule has 0 radical (unpaired) electrons. The number of hydrogen-bond donors (Lipinski definition) is 3. The summed E-state index contributed by atoms with van der Waals surface area (Å²) in [6.07, 6.45) is 1.98. The first-order chi connectivity index (χ1) is 9.61. The molecule has 20 heavy (non-hydrogen) atoms. The fourth-order valence-corrected chi connectivity index (χ4v) is 1.61. The number of ether oxygens (including phenoxy) is 1. The van der Waals surface area contributed by atoms with E-state index in [9.17, 15) is 0 Å². The van der Waals surface area contributed by atoms with Crippen molar-refractivity contribution in [2.45, 2.75) is 33.6 Å². The fraction of sp³-hybridized carbons (Fsp3) is 0.714. The van der Waals surface area contributed by atoms with Crippen LogP contribution < -0.4 is 16.4 Å². The van der Waals surface area contributed by atoms with E-state index in [2.05, 4.69) is 41.4 Å². The second-order valence-corrected chi connectivity index (χ2v) is 5.17. The Morgan fingerprint density at radius 3 is 2.45 bits per heavy atom. The van der Waals surface area contributed by atoms with Gasteiger partial charge in [0, 0.05) is 32.4 Å². The molecule has 6 heteroatoms. The average Bonchev–Trinajstić information content (AvgIpc) is 2.39. The third-order valence-corrected chi connectivity index (χ3v) is 2.52. The van der Waals surface area contributed by atoms with Crippen LogP contribution in [0.1, 0.15) is 33.6 Å². The van der Waals surface area contributed by atoms with Gasteiger partial charge in [-0.15, -0.1) is 0 Å². The largest absolute Gasteiger partial charge is 0.381 e. The van der Waals surface area contributed by atoms with Crippen LogP contribution in [0.2, 0.25) is 0 Å². The number of nitrogens with zero attached hydrogens (tertiary/aromatic N) is 2. The Hall–Kier alpha value is -1.56. The molecule has 0 saturated heterocycles. The SMILES string of the molecule is CCCNc1cc(NCCCOCC(C)C)nc(N)n1. The van der Waals surface area contributed by atoms with Gasteiger partial charge in [0.1, 0.15) is 11.6 Å². The van der Waals surface area contributed by atoms with E-state index in [0.29, 0.717) is 5.92 Å². The van der Waals surface area contributed by atoms with Gasteiger partial charge in [0.15, 0.2) is 0 Å². The molecular weight excluding hydrogens is 254 g/mol. The lowest BCUT2D eigenvalue weighted by Crippen LogP contribution is -2.11. The minimum absolute atomic E-state index is 0.282. The maximum Gasteiger partial charge on any atom is 0.223 e. The Balaban J connectivity index is 2.30. The molecule has 0 spiro atoms. The van der Waals surface area contributed by atoms with Crippen molar-refractivity contribution in [3.8, 4) is 0 Å². The second kappa shape index (κ2) is 9.36. The standard InChI is InChI=1S/C14H27N5O/c1-4-6-16-12-9-13(19-14(15)18-12)17-7-5-8-20-10-11(2)3/h9,11H,4-8,10H2,1-3H3,(H4,15,16,17,18,19). The van der Waals surface area contributed by atoms with Gasteiger partial charge in [-0.3, -0.25) is 0 Å². The fourth-order valence-electron chi connectivity index (χ4n) is 1.61. The summed E-state index contributed by atoms with van der Waals surface area (Å²) in [4.78, 5) is 8.30. The molecule has 6 nitrogen and oxygen atoms in total. The van der Waals surface area contributed by atoms with Crippen LogP contribution in [0.5, 0.6) is 0 Å². The van der Waals surface area contributed by atoms with Gasteiger partial charge < -0.3 is 21.1 Å². The average molecular weight is 281 g/mol. The van der Waals surface area contributed by atoms with Crippen molar-refractivity contribution < 1.29 is 4.74 Å². The van der Waals surface area contributed by atoms with Gasteiger partial charge in [0.25, 0.3) is 0 Å². The normalized spacial score (nSPS) is 10.8. The van der Waals surface area contributed by atoms with Gasteiger partial charge in [-0.2, -0.15) is 9.97 Å². The quantitative estimate of drug-likeness (QED) is 0.571. The molecule has 114 valence electrons. The predicted molar refractivity (Wildman–Crippen MR) is 84.0 cm³/mol. The predicted octanol–water partition coefficient (Wildman–Crippen LogP) is 2.36. The zero-order chi connectivity index (χ0) is 14.8. The van der Waals surface area contributed by atoms with Crippen molar-refractivity contribution in [1.82, 2.24) is 9.97 Å². The number of nitrogen functional groups attached to an aromatic ring is 1. The first kappa shape index (κ1) is 16.5. The van der Waals surface area contributed by atoms with E-state index in [1.807, 2.05) is 6.07 Å². The second-order valence-electron chi connectivity index (χ2n) is 5.17. The summed E-state index contributed by atoms with van der Waals surface area (Å²) in [7, 11) is 0. The van der Waals surface area contributed by atoms with Crippen LogP contribution in [0, 0.1) is 5.92 Å². The molecule has 0 aliphatic rings. The first-order valence-electron chi connectivity index (χ1n) is 7.31. The highest BCUT2D eigenvalue weighted by Crippen LogP contribution is 2.12. The molecule has 0 aromatic carbocycles. The molecule has 1 heterocycles. The van der Waals surface area contributed by atoms with Gasteiger partial charge in [-0.25, -0.2) is 0 Å². The van der Waals surface area contributed by atoms with Crippen LogP contribution >= 0.6 is 0 Å². The van der Waals surface area contributed by atoms with Gasteiger partial charge in [-0.05, 0) is 18.8 Å². The Morgan fingerprint density at radius 1 is 1.20 bits per heavy atom. The Labute approximate surface area is 121 Å². The van der Waals surface area contributed by atoms with Crippen LogP contribution in [0.3, 0.4) is 0 Å². The minimum atomic E-state index is 0.282. The van der Waals surface area contributed by atoms with Crippen LogP contribution in [0.15, 0.2) is 6.07 Å². The van der Waals surface area contributed by atoms with E-state index in [4.69, 9.17) is 10.5 Å². The van der Waals surface area contributed by atoms with Crippen molar-refractivity contribution in [3.63, 3.8) is 0 Å². The monoisotopic (exact) mass is 281 g/mol. The molecule has 0 amide bonds. The van der Waals surface area contributed by atoms with Crippen LogP contribution in [0.25, 0.3) is 0 Å². The summed E-state index contributed by atoms with van der Waals surface area (Å²) < 4.78 is 5.52. The third-order valence-electron chi connectivity index (χ3n) is 2.52. The van der Waals surface area contributed by atoms with Gasteiger partial charge in [0.2, 0.25) is 5.95 Å². The summed E-state index contributed by atoms with van der Waals surface area (Å²) in [5.41, 5.74) is 5.69. The van der Waals surface area contributed by atoms with Crippen molar-refractivity contribution in [3.05, 3.63) is 6.07 Å². The number of rotatable bonds is 10. The van der Waals surface area contributed by atoms with E-state index in [1.165, 1.54) is 0 Å². The summed E-state index contributed by atoms with van der Waals surface area (Å²) in [6.45, 7) is 9.65. The molecule has 0 aliphatic heterocycles. The molecule has 0 bridgehead atoms. The zero-order valence-electron chi connectivity index (χ0n) is 12.8. The molecule has 4 N–H and O–H groups in total. The van der Waals surface area contributed by atoms with Gasteiger partial charge in [0.05, 0.1) is 0 Å². The van der Waals surface area contributed by atoms with Crippen molar-refractivity contribution in [1.29, 1.82) is 0 Å². The van der Waals surface area contributed by atoms with Crippen molar-refractivity contribution >= 4 is 17.6 Å². The van der Waals surface area contributed by atoms with E-state index < -0.39 is 0 Å². The summed E-state index contributed by atoms with van der Waals surface area (Å²) in [5.74, 6) is 2.37. The van der Waals surface area contributed by atoms with E-state index in [0.717, 1.165) is 50.8 Å². The lowest BCUT2D eigenvalue weighted by molar-refractivity contribution is 0.110. The molecule has 1 aromatic rings. The third kappa shape index (κ3) is 7.13. The minimum Gasteiger partial charge on any atom is -0.381 e. The molecular formula is C14H27N5O. The van der Waals surface area contributed by atoms with Crippen molar-refractivity contribution in [2.75, 3.05) is 42.7 Å². The molecule has 0 saturated carbocycles. The molecule has 0 fully saturated rings.